The van der Waals surface area contributed by atoms with Gasteiger partial charge in [0.25, 0.3) is 0 Å². The van der Waals surface area contributed by atoms with Crippen molar-refractivity contribution in [2.75, 3.05) is 10.2 Å². The zero-order valence-electron chi connectivity index (χ0n) is 11.9. The molecule has 1 N–H and O–H groups in total. The molecule has 0 aliphatic rings. The summed E-state index contributed by atoms with van der Waals surface area (Å²) < 4.78 is 24.0. The predicted molar refractivity (Wildman–Crippen MR) is 78.0 cm³/mol. The first-order chi connectivity index (χ1) is 9.70. The lowest BCUT2D eigenvalue weighted by atomic mass is 10.3. The number of rotatable bonds is 4. The maximum Gasteiger partial charge on any atom is 0.365 e. The number of aromatic nitrogens is 3. The van der Waals surface area contributed by atoms with Gasteiger partial charge in [-0.2, -0.15) is 23.4 Å². The van der Waals surface area contributed by atoms with Crippen LogP contribution in [0.15, 0.2) is 4.36 Å². The van der Waals surface area contributed by atoms with Crippen LogP contribution in [0.5, 0.6) is 0 Å². The molecule has 0 aliphatic heterocycles. The molecule has 0 bridgehead atoms. The summed E-state index contributed by atoms with van der Waals surface area (Å²) in [7, 11) is -2.86. The van der Waals surface area contributed by atoms with E-state index in [1.165, 1.54) is 0 Å². The number of carbonyl (C=O) groups is 1. The van der Waals surface area contributed by atoms with Crippen molar-refractivity contribution in [3.8, 4) is 0 Å². The Balaban J connectivity index is 3.28. The minimum atomic E-state index is -2.86. The van der Waals surface area contributed by atoms with Crippen LogP contribution < -0.4 is 10.2 Å². The molecule has 1 aromatic rings. The van der Waals surface area contributed by atoms with Crippen LogP contribution in [0.2, 0.25) is 5.28 Å². The van der Waals surface area contributed by atoms with Gasteiger partial charge in [-0.1, -0.05) is 4.36 Å². The molecule has 9 nitrogen and oxygen atoms in total. The molecule has 0 saturated heterocycles. The van der Waals surface area contributed by atoms with Crippen molar-refractivity contribution in [3.05, 3.63) is 5.28 Å². The van der Waals surface area contributed by atoms with Gasteiger partial charge in [0.1, 0.15) is 0 Å². The molecule has 0 aliphatic carbocycles. The largest absolute Gasteiger partial charge is 0.365 e. The fourth-order valence-electron chi connectivity index (χ4n) is 1.42. The van der Waals surface area contributed by atoms with E-state index >= 15 is 0 Å². The van der Waals surface area contributed by atoms with Crippen LogP contribution in [-0.2, 0) is 10.5 Å². The van der Waals surface area contributed by atoms with Gasteiger partial charge < -0.3 is 5.32 Å². The molecule has 0 atom stereocenters. The Morgan fingerprint density at radius 2 is 1.86 bits per heavy atom. The summed E-state index contributed by atoms with van der Waals surface area (Å²) in [5.74, 6) is 0.106. The molecule has 11 heteroatoms. The summed E-state index contributed by atoms with van der Waals surface area (Å²) in [4.78, 5) is 24.6. The van der Waals surface area contributed by atoms with Crippen molar-refractivity contribution in [2.24, 2.45) is 4.36 Å². The van der Waals surface area contributed by atoms with E-state index in [2.05, 4.69) is 24.6 Å². The molecule has 1 heterocycles. The SMILES string of the molecule is CC(C)Nc1nc(Cl)nc(N(C(=O)N=S(=O)=O)C(C)C)n1. The van der Waals surface area contributed by atoms with Gasteiger partial charge in [-0.3, -0.25) is 4.90 Å². The Labute approximate surface area is 128 Å². The van der Waals surface area contributed by atoms with Crippen LogP contribution in [0.3, 0.4) is 0 Å². The van der Waals surface area contributed by atoms with E-state index in [9.17, 15) is 13.2 Å². The van der Waals surface area contributed by atoms with E-state index in [0.717, 1.165) is 4.90 Å². The summed E-state index contributed by atoms with van der Waals surface area (Å²) in [6.07, 6.45) is 0. The second-order valence-corrected chi connectivity index (χ2v) is 5.54. The lowest BCUT2D eigenvalue weighted by Crippen LogP contribution is -2.36. The zero-order chi connectivity index (χ0) is 16.2. The molecule has 1 aromatic heterocycles. The van der Waals surface area contributed by atoms with Crippen molar-refractivity contribution < 1.29 is 13.2 Å². The van der Waals surface area contributed by atoms with Crippen molar-refractivity contribution in [1.29, 1.82) is 0 Å². The maximum atomic E-state index is 11.8. The van der Waals surface area contributed by atoms with Crippen molar-refractivity contribution >= 4 is 40.0 Å². The Bertz CT molecular complexity index is 653. The quantitative estimate of drug-likeness (QED) is 0.890. The van der Waals surface area contributed by atoms with Crippen LogP contribution in [0.4, 0.5) is 16.7 Å². The predicted octanol–water partition coefficient (Wildman–Crippen LogP) is 1.74. The second-order valence-electron chi connectivity index (χ2n) is 4.58. The molecule has 21 heavy (non-hydrogen) atoms. The maximum absolute atomic E-state index is 11.8. The summed E-state index contributed by atoms with van der Waals surface area (Å²) >= 11 is 5.80. The van der Waals surface area contributed by atoms with Crippen molar-refractivity contribution in [3.63, 3.8) is 0 Å². The Kier molecular flexibility index (Phi) is 5.97. The first-order valence-electron chi connectivity index (χ1n) is 6.03. The number of anilines is 2. The highest BCUT2D eigenvalue weighted by molar-refractivity contribution is 7.62. The Morgan fingerprint density at radius 1 is 1.24 bits per heavy atom. The first kappa shape index (κ1) is 17.2. The Morgan fingerprint density at radius 3 is 2.33 bits per heavy atom. The number of nitrogens with one attached hydrogen (secondary N) is 1. The third-order valence-electron chi connectivity index (χ3n) is 2.10. The minimum Gasteiger partial charge on any atom is -0.352 e. The van der Waals surface area contributed by atoms with Gasteiger partial charge in [0, 0.05) is 12.1 Å². The molecule has 0 radical (unpaired) electrons. The number of halogens is 1. The molecule has 0 aromatic carbocycles. The highest BCUT2D eigenvalue weighted by Crippen LogP contribution is 2.17. The number of urea groups is 1. The van der Waals surface area contributed by atoms with Crippen LogP contribution in [0.25, 0.3) is 0 Å². The first-order valence-corrected chi connectivity index (χ1v) is 7.44. The molecule has 0 unspecified atom stereocenters. The molecular weight excluding hydrogens is 320 g/mol. The standard InChI is InChI=1S/C10H15ClN6O3S/c1-5(2)12-8-13-7(11)14-9(15-8)17(6(3)4)10(18)16-21(19)20/h5-6H,1-4H3,(H,12,13,14,15). The summed E-state index contributed by atoms with van der Waals surface area (Å²) in [5.41, 5.74) is 0. The monoisotopic (exact) mass is 334 g/mol. The third-order valence-corrected chi connectivity index (χ3v) is 2.58. The summed E-state index contributed by atoms with van der Waals surface area (Å²) in [6.45, 7) is 7.07. The number of hydrogen-bond acceptors (Lipinski definition) is 7. The second kappa shape index (κ2) is 7.27. The van der Waals surface area contributed by atoms with Gasteiger partial charge in [-0.15, -0.1) is 0 Å². The van der Waals surface area contributed by atoms with Gasteiger partial charge >= 0.3 is 16.5 Å². The number of nitrogens with zero attached hydrogens (tertiary/aromatic N) is 5. The summed E-state index contributed by atoms with van der Waals surface area (Å²) in [5, 5.41) is 2.80. The van der Waals surface area contributed by atoms with Crippen LogP contribution >= 0.6 is 11.6 Å². The van der Waals surface area contributed by atoms with Gasteiger partial charge in [-0.25, -0.2) is 4.79 Å². The van der Waals surface area contributed by atoms with Crippen molar-refractivity contribution in [2.45, 2.75) is 39.8 Å². The topological polar surface area (TPSA) is 118 Å². The highest BCUT2D eigenvalue weighted by atomic mass is 35.5. The average Bonchev–Trinajstić information content (AvgIpc) is 2.24. The highest BCUT2D eigenvalue weighted by Gasteiger charge is 2.23. The molecule has 0 spiro atoms. The number of carbonyl (C=O) groups excluding carboxylic acids is 1. The normalized spacial score (nSPS) is 10.6. The van der Waals surface area contributed by atoms with Crippen LogP contribution in [-0.4, -0.2) is 41.5 Å². The van der Waals surface area contributed by atoms with Crippen LogP contribution in [0, 0.1) is 0 Å². The molecular formula is C10H15ClN6O3S. The average molecular weight is 335 g/mol. The third kappa shape index (κ3) is 5.23. The fourth-order valence-corrected chi connectivity index (χ4v) is 1.79. The summed E-state index contributed by atoms with van der Waals surface area (Å²) in [6, 6.07) is -1.38. The van der Waals surface area contributed by atoms with E-state index in [-0.39, 0.29) is 23.2 Å². The lowest BCUT2D eigenvalue weighted by Gasteiger charge is -2.22. The van der Waals surface area contributed by atoms with Gasteiger partial charge in [-0.05, 0) is 39.3 Å². The molecule has 0 fully saturated rings. The van der Waals surface area contributed by atoms with Crippen LogP contribution in [0.1, 0.15) is 27.7 Å². The molecule has 2 amide bonds. The van der Waals surface area contributed by atoms with Gasteiger partial charge in [0.2, 0.25) is 17.2 Å². The van der Waals surface area contributed by atoms with E-state index in [4.69, 9.17) is 11.6 Å². The van der Waals surface area contributed by atoms with E-state index < -0.39 is 22.6 Å². The zero-order valence-corrected chi connectivity index (χ0v) is 13.5. The van der Waals surface area contributed by atoms with E-state index in [0.29, 0.717) is 0 Å². The van der Waals surface area contributed by atoms with Gasteiger partial charge in [0.05, 0.1) is 0 Å². The minimum absolute atomic E-state index is 0.0401. The van der Waals surface area contributed by atoms with E-state index in [1.54, 1.807) is 13.8 Å². The lowest BCUT2D eigenvalue weighted by molar-refractivity contribution is 0.253. The Hall–Kier alpha value is -1.81. The number of amides is 2. The van der Waals surface area contributed by atoms with E-state index in [1.807, 2.05) is 13.8 Å². The number of hydrogen-bond donors (Lipinski definition) is 1. The van der Waals surface area contributed by atoms with Gasteiger partial charge in [0.15, 0.2) is 0 Å². The smallest absolute Gasteiger partial charge is 0.352 e. The molecule has 1 rings (SSSR count). The molecule has 0 saturated carbocycles. The van der Waals surface area contributed by atoms with Crippen molar-refractivity contribution in [1.82, 2.24) is 15.0 Å². The molecule has 116 valence electrons. The fraction of sp³-hybridized carbons (Fsp3) is 0.600.